The maximum absolute atomic E-state index is 11.4. The predicted octanol–water partition coefficient (Wildman–Crippen LogP) is 3.67. The second-order valence-electron chi connectivity index (χ2n) is 2.73. The number of halogens is 3. The highest BCUT2D eigenvalue weighted by molar-refractivity contribution is 14.1. The lowest BCUT2D eigenvalue weighted by atomic mass is 10.3. The molecular weight excluding hydrogens is 380 g/mol. The highest BCUT2D eigenvalue weighted by atomic mass is 127. The summed E-state index contributed by atoms with van der Waals surface area (Å²) in [6.45, 7) is 1.78. The van der Waals surface area contributed by atoms with Gasteiger partial charge in [0.05, 0.1) is 10.5 Å². The van der Waals surface area contributed by atoms with E-state index in [1.54, 1.807) is 25.1 Å². The number of hydrogen-bond donors (Lipinski definition) is 1. The number of nitrogens with one attached hydrogen (secondary N) is 1. The van der Waals surface area contributed by atoms with Crippen molar-refractivity contribution >= 4 is 61.7 Å². The van der Waals surface area contributed by atoms with Crippen LogP contribution in [0.5, 0.6) is 0 Å². The van der Waals surface area contributed by atoms with Gasteiger partial charge >= 0.3 is 0 Å². The number of alkyl halides is 1. The normalized spacial score (nSPS) is 12.3. The Balaban J connectivity index is 2.82. The molecule has 14 heavy (non-hydrogen) atoms. The topological polar surface area (TPSA) is 29.1 Å². The van der Waals surface area contributed by atoms with Crippen LogP contribution >= 0.6 is 50.1 Å². The van der Waals surface area contributed by atoms with Gasteiger partial charge in [0, 0.05) is 8.59 Å². The Morgan fingerprint density at radius 3 is 2.79 bits per heavy atom. The van der Waals surface area contributed by atoms with E-state index < -0.39 is 0 Å². The van der Waals surface area contributed by atoms with E-state index in [0.717, 1.165) is 9.26 Å². The Hall–Kier alpha value is 0.190. The molecule has 1 N–H and O–H groups in total. The average molecular weight is 388 g/mol. The molecule has 0 fully saturated rings. The molecule has 1 aromatic carbocycles. The molecule has 0 saturated carbocycles. The molecule has 76 valence electrons. The highest BCUT2D eigenvalue weighted by Crippen LogP contribution is 2.22. The SMILES string of the molecule is CC(Br)C(=O)Nc1ccc(Cl)cc1I. The second kappa shape index (κ2) is 5.32. The van der Waals surface area contributed by atoms with Crippen LogP contribution in [0.3, 0.4) is 0 Å². The molecule has 0 radical (unpaired) electrons. The first-order valence-electron chi connectivity index (χ1n) is 3.90. The summed E-state index contributed by atoms with van der Waals surface area (Å²) in [7, 11) is 0. The van der Waals surface area contributed by atoms with Gasteiger partial charge in [0.15, 0.2) is 0 Å². The predicted molar refractivity (Wildman–Crippen MR) is 71.2 cm³/mol. The minimum atomic E-state index is -0.200. The standard InChI is InChI=1S/C9H8BrClINO/c1-5(10)9(14)13-8-3-2-6(11)4-7(8)12/h2-5H,1H3,(H,13,14). The van der Waals surface area contributed by atoms with E-state index in [4.69, 9.17) is 11.6 Å². The zero-order valence-electron chi connectivity index (χ0n) is 7.35. The van der Waals surface area contributed by atoms with Gasteiger partial charge in [-0.1, -0.05) is 27.5 Å². The Morgan fingerprint density at radius 2 is 2.29 bits per heavy atom. The molecular formula is C9H8BrClINO. The molecule has 0 spiro atoms. The van der Waals surface area contributed by atoms with Crippen molar-refractivity contribution in [2.75, 3.05) is 5.32 Å². The van der Waals surface area contributed by atoms with Crippen molar-refractivity contribution in [1.29, 1.82) is 0 Å². The molecule has 0 heterocycles. The maximum atomic E-state index is 11.4. The lowest BCUT2D eigenvalue weighted by Crippen LogP contribution is -2.20. The first-order valence-corrected chi connectivity index (χ1v) is 6.28. The summed E-state index contributed by atoms with van der Waals surface area (Å²) in [6, 6.07) is 5.34. The van der Waals surface area contributed by atoms with Gasteiger partial charge in [0.1, 0.15) is 0 Å². The van der Waals surface area contributed by atoms with Crippen molar-refractivity contribution in [3.8, 4) is 0 Å². The van der Waals surface area contributed by atoms with Crippen LogP contribution in [0, 0.1) is 3.57 Å². The minimum Gasteiger partial charge on any atom is -0.324 e. The molecule has 1 rings (SSSR count). The minimum absolute atomic E-state index is 0.0646. The first-order chi connectivity index (χ1) is 6.50. The van der Waals surface area contributed by atoms with Gasteiger partial charge in [-0.3, -0.25) is 4.79 Å². The van der Waals surface area contributed by atoms with Crippen molar-refractivity contribution in [2.45, 2.75) is 11.8 Å². The molecule has 0 aliphatic rings. The number of benzene rings is 1. The third-order valence-electron chi connectivity index (χ3n) is 1.55. The first kappa shape index (κ1) is 12.3. The van der Waals surface area contributed by atoms with Crippen LogP contribution in [0.2, 0.25) is 5.02 Å². The number of carbonyl (C=O) groups excluding carboxylic acids is 1. The molecule has 1 aromatic rings. The fraction of sp³-hybridized carbons (Fsp3) is 0.222. The molecule has 2 nitrogen and oxygen atoms in total. The molecule has 0 bridgehead atoms. The number of rotatable bonds is 2. The van der Waals surface area contributed by atoms with Crippen molar-refractivity contribution in [1.82, 2.24) is 0 Å². The zero-order chi connectivity index (χ0) is 10.7. The highest BCUT2D eigenvalue weighted by Gasteiger charge is 2.10. The summed E-state index contributed by atoms with van der Waals surface area (Å²) in [5.74, 6) is -0.0646. The Bertz CT molecular complexity index is 357. The van der Waals surface area contributed by atoms with Crippen LogP contribution in [0.15, 0.2) is 18.2 Å². The molecule has 1 unspecified atom stereocenters. The van der Waals surface area contributed by atoms with Crippen molar-refractivity contribution in [3.63, 3.8) is 0 Å². The summed E-state index contributed by atoms with van der Waals surface area (Å²) < 4.78 is 0.927. The third-order valence-corrected chi connectivity index (χ3v) is 3.09. The van der Waals surface area contributed by atoms with E-state index in [9.17, 15) is 4.79 Å². The van der Waals surface area contributed by atoms with E-state index >= 15 is 0 Å². The quantitative estimate of drug-likeness (QED) is 0.608. The van der Waals surface area contributed by atoms with E-state index in [1.165, 1.54) is 0 Å². The van der Waals surface area contributed by atoms with Crippen LogP contribution in [0.1, 0.15) is 6.92 Å². The summed E-state index contributed by atoms with van der Waals surface area (Å²) >= 11 is 11.1. The van der Waals surface area contributed by atoms with E-state index in [-0.39, 0.29) is 10.7 Å². The van der Waals surface area contributed by atoms with Gasteiger partial charge in [0.2, 0.25) is 5.91 Å². The fourth-order valence-corrected chi connectivity index (χ4v) is 1.94. The number of hydrogen-bond acceptors (Lipinski definition) is 1. The van der Waals surface area contributed by atoms with Gasteiger partial charge < -0.3 is 5.32 Å². The lowest BCUT2D eigenvalue weighted by molar-refractivity contribution is -0.115. The van der Waals surface area contributed by atoms with Gasteiger partial charge in [-0.15, -0.1) is 0 Å². The largest absolute Gasteiger partial charge is 0.324 e. The van der Waals surface area contributed by atoms with Crippen LogP contribution in [0.25, 0.3) is 0 Å². The van der Waals surface area contributed by atoms with Crippen LogP contribution < -0.4 is 5.32 Å². The van der Waals surface area contributed by atoms with E-state index in [0.29, 0.717) is 5.02 Å². The summed E-state index contributed by atoms with van der Waals surface area (Å²) in [5, 5.41) is 3.45. The van der Waals surface area contributed by atoms with Crippen molar-refractivity contribution in [3.05, 3.63) is 26.8 Å². The summed E-state index contributed by atoms with van der Waals surface area (Å²) in [5.41, 5.74) is 0.784. The molecule has 1 atom stereocenters. The van der Waals surface area contributed by atoms with Crippen LogP contribution in [-0.2, 0) is 4.79 Å². The molecule has 1 amide bonds. The maximum Gasteiger partial charge on any atom is 0.237 e. The van der Waals surface area contributed by atoms with E-state index in [1.807, 2.05) is 0 Å². The Kier molecular flexibility index (Phi) is 4.66. The third kappa shape index (κ3) is 3.40. The smallest absolute Gasteiger partial charge is 0.237 e. The lowest BCUT2D eigenvalue weighted by Gasteiger charge is -2.08. The fourth-order valence-electron chi connectivity index (χ4n) is 0.823. The second-order valence-corrected chi connectivity index (χ2v) is 5.70. The Labute approximate surface area is 110 Å². The zero-order valence-corrected chi connectivity index (χ0v) is 11.9. The molecule has 0 saturated heterocycles. The van der Waals surface area contributed by atoms with E-state index in [2.05, 4.69) is 43.8 Å². The monoisotopic (exact) mass is 387 g/mol. The summed E-state index contributed by atoms with van der Waals surface area (Å²) in [6.07, 6.45) is 0. The summed E-state index contributed by atoms with van der Waals surface area (Å²) in [4.78, 5) is 11.2. The Morgan fingerprint density at radius 1 is 1.64 bits per heavy atom. The van der Waals surface area contributed by atoms with Gasteiger partial charge in [-0.25, -0.2) is 0 Å². The van der Waals surface area contributed by atoms with Gasteiger partial charge in [-0.2, -0.15) is 0 Å². The number of carbonyl (C=O) groups is 1. The molecule has 0 aliphatic carbocycles. The number of amides is 1. The van der Waals surface area contributed by atoms with Gasteiger partial charge in [-0.05, 0) is 47.7 Å². The van der Waals surface area contributed by atoms with Crippen molar-refractivity contribution in [2.24, 2.45) is 0 Å². The van der Waals surface area contributed by atoms with Crippen LogP contribution in [-0.4, -0.2) is 10.7 Å². The molecule has 5 heteroatoms. The van der Waals surface area contributed by atoms with Crippen molar-refractivity contribution < 1.29 is 4.79 Å². The number of anilines is 1. The van der Waals surface area contributed by atoms with Gasteiger partial charge in [0.25, 0.3) is 0 Å². The average Bonchev–Trinajstić information content (AvgIpc) is 2.09. The molecule has 0 aromatic heterocycles. The molecule has 0 aliphatic heterocycles. The van der Waals surface area contributed by atoms with Crippen LogP contribution in [0.4, 0.5) is 5.69 Å².